The molecule has 2 heterocycles. The molecule has 0 radical (unpaired) electrons. The number of hydrogen-bond acceptors (Lipinski definition) is 3. The molecule has 6 heteroatoms. The molecule has 2 aromatic rings. The minimum Gasteiger partial charge on any atom is -0.451 e. The monoisotopic (exact) mass is 423 g/mol. The van der Waals surface area contributed by atoms with Crippen molar-refractivity contribution in [3.05, 3.63) is 65.6 Å². The Hall–Kier alpha value is -3.28. The molecule has 4 rings (SSSR count). The highest BCUT2D eigenvalue weighted by molar-refractivity contribution is 5.92. The van der Waals surface area contributed by atoms with Crippen molar-refractivity contribution >= 4 is 29.8 Å². The van der Waals surface area contributed by atoms with Crippen LogP contribution in [0.1, 0.15) is 45.0 Å². The average molecular weight is 424 g/mol. The number of furan rings is 1. The van der Waals surface area contributed by atoms with Gasteiger partial charge in [-0.05, 0) is 62.3 Å². The summed E-state index contributed by atoms with van der Waals surface area (Å²) in [6.07, 6.45) is 8.54. The van der Waals surface area contributed by atoms with Gasteiger partial charge in [0.25, 0.3) is 5.91 Å². The molecule has 0 bridgehead atoms. The van der Waals surface area contributed by atoms with E-state index < -0.39 is 0 Å². The maximum absolute atomic E-state index is 12.5. The highest BCUT2D eigenvalue weighted by atomic mass is 16.3. The smallest absolute Gasteiger partial charge is 0.321 e. The molecule has 1 aromatic heterocycles. The third-order valence-electron chi connectivity index (χ3n) is 6.13. The van der Waals surface area contributed by atoms with Crippen LogP contribution in [-0.2, 0) is 0 Å². The van der Waals surface area contributed by atoms with E-state index in [1.807, 2.05) is 73.4 Å². The number of anilines is 1. The van der Waals surface area contributed by atoms with E-state index in [0.717, 1.165) is 30.8 Å². The van der Waals surface area contributed by atoms with Gasteiger partial charge < -0.3 is 20.0 Å². The number of benzene rings is 1. The Morgan fingerprint density at radius 2 is 1.84 bits per heavy atom. The summed E-state index contributed by atoms with van der Waals surface area (Å²) in [5.41, 5.74) is 1.72. The second-order valence-electron chi connectivity index (χ2n) is 8.17. The first-order valence-corrected chi connectivity index (χ1v) is 10.9. The number of carbonyl (C=O) groups is 2. The third-order valence-corrected chi connectivity index (χ3v) is 6.13. The number of amides is 3. The van der Waals surface area contributed by atoms with Crippen molar-refractivity contribution in [1.82, 2.24) is 10.2 Å². The average Bonchev–Trinajstić information content (AvgIpc) is 3.09. The molecular formula is C25H33N3O3. The molecule has 6 nitrogen and oxygen atoms in total. The summed E-state index contributed by atoms with van der Waals surface area (Å²) < 4.78 is 5.71. The molecule has 31 heavy (non-hydrogen) atoms. The van der Waals surface area contributed by atoms with Crippen LogP contribution in [0.3, 0.4) is 0 Å². The van der Waals surface area contributed by atoms with E-state index in [9.17, 15) is 9.59 Å². The molecule has 2 fully saturated rings. The summed E-state index contributed by atoms with van der Waals surface area (Å²) in [6, 6.07) is 11.3. The molecule has 1 aliphatic carbocycles. The van der Waals surface area contributed by atoms with Gasteiger partial charge in [-0.2, -0.15) is 0 Å². The Morgan fingerprint density at radius 3 is 2.52 bits per heavy atom. The predicted molar refractivity (Wildman–Crippen MR) is 127 cm³/mol. The number of carbonyl (C=O) groups excluding carboxylic acids is 2. The molecule has 166 valence electrons. The van der Waals surface area contributed by atoms with Gasteiger partial charge in [-0.25, -0.2) is 4.79 Å². The molecule has 3 atom stereocenters. The number of urea groups is 1. The minimum atomic E-state index is -0.184. The first-order chi connectivity index (χ1) is 15.1. The molecule has 1 aromatic carbocycles. The van der Waals surface area contributed by atoms with Crippen molar-refractivity contribution in [1.29, 1.82) is 0 Å². The van der Waals surface area contributed by atoms with Crippen LogP contribution in [0.5, 0.6) is 0 Å². The van der Waals surface area contributed by atoms with Crippen LogP contribution in [0.4, 0.5) is 10.5 Å². The van der Waals surface area contributed by atoms with Crippen molar-refractivity contribution in [2.75, 3.05) is 25.0 Å². The van der Waals surface area contributed by atoms with Crippen LogP contribution >= 0.6 is 0 Å². The lowest BCUT2D eigenvalue weighted by atomic mass is 10.2. The topological polar surface area (TPSA) is 74.6 Å². The Labute approximate surface area is 186 Å². The van der Waals surface area contributed by atoms with Crippen LogP contribution in [0, 0.1) is 17.8 Å². The lowest BCUT2D eigenvalue weighted by Gasteiger charge is -2.20. The molecular weight excluding hydrogens is 390 g/mol. The number of fused-ring (bicyclic) bond motifs is 1. The van der Waals surface area contributed by atoms with Gasteiger partial charge in [-0.3, -0.25) is 4.79 Å². The highest BCUT2D eigenvalue weighted by Crippen LogP contribution is 2.53. The Kier molecular flexibility index (Phi) is 6.26. The van der Waals surface area contributed by atoms with E-state index in [1.165, 1.54) is 0 Å². The van der Waals surface area contributed by atoms with Gasteiger partial charge in [0.1, 0.15) is 5.76 Å². The molecule has 1 unspecified atom stereocenters. The maximum atomic E-state index is 12.5. The summed E-state index contributed by atoms with van der Waals surface area (Å²) in [5.74, 6) is 2.51. The number of piperidine rings is 1. The number of nitrogens with zero attached hydrogens (tertiary/aromatic N) is 1. The van der Waals surface area contributed by atoms with Crippen molar-refractivity contribution in [3.63, 3.8) is 0 Å². The van der Waals surface area contributed by atoms with Crippen molar-refractivity contribution in [2.24, 2.45) is 17.8 Å². The normalized spacial score (nSPS) is 22.1. The first-order valence-electron chi connectivity index (χ1n) is 10.9. The fraction of sp³-hybridized carbons (Fsp3) is 0.360. The van der Waals surface area contributed by atoms with E-state index in [4.69, 9.17) is 4.42 Å². The quantitative estimate of drug-likeness (QED) is 0.629. The first kappa shape index (κ1) is 21.0. The van der Waals surface area contributed by atoms with Crippen molar-refractivity contribution in [2.45, 2.75) is 20.3 Å². The summed E-state index contributed by atoms with van der Waals surface area (Å²) in [5, 5.41) is 5.93. The second kappa shape index (κ2) is 9.25. The summed E-state index contributed by atoms with van der Waals surface area (Å²) in [6.45, 7) is 6.05. The maximum Gasteiger partial charge on any atom is 0.321 e. The number of para-hydroxylation sites is 1. The number of allylic oxidation sites excluding steroid dienone is 2. The van der Waals surface area contributed by atoms with E-state index in [2.05, 4.69) is 10.6 Å². The van der Waals surface area contributed by atoms with E-state index in [1.54, 1.807) is 6.07 Å². The highest BCUT2D eigenvalue weighted by Gasteiger charge is 2.55. The Morgan fingerprint density at radius 1 is 1.13 bits per heavy atom. The lowest BCUT2D eigenvalue weighted by Crippen LogP contribution is -2.35. The largest absolute Gasteiger partial charge is 0.451 e. The van der Waals surface area contributed by atoms with Gasteiger partial charge in [0.15, 0.2) is 5.76 Å². The summed E-state index contributed by atoms with van der Waals surface area (Å²) in [7, 11) is 0. The minimum absolute atomic E-state index is 0. The summed E-state index contributed by atoms with van der Waals surface area (Å²) in [4.78, 5) is 26.8. The van der Waals surface area contributed by atoms with Gasteiger partial charge in [0.05, 0.1) is 0 Å². The standard InChI is InChI=1S/C25H29N3O3.2H2/c1-3-8-17-14-23(31-22(17)9-4-2)24(29)26-13-12-19-20-15-28(16-21(19)20)25(30)27-18-10-6-5-7-11-18;;/h3-11,14,19-21H,12-13,15-16H2,1-2H3,(H,26,29)(H,27,30);2*1H/b8-3-,9-4+;;/t19?,20-,21+;;. The van der Waals surface area contributed by atoms with Crippen molar-refractivity contribution in [3.8, 4) is 0 Å². The molecule has 0 spiro atoms. The fourth-order valence-electron chi connectivity index (χ4n) is 4.53. The lowest BCUT2D eigenvalue weighted by molar-refractivity contribution is 0.0924. The van der Waals surface area contributed by atoms with Crippen LogP contribution in [0.2, 0.25) is 0 Å². The third kappa shape index (κ3) is 4.74. The van der Waals surface area contributed by atoms with Crippen LogP contribution in [0.25, 0.3) is 12.2 Å². The Bertz CT molecular complexity index is 962. The number of nitrogens with one attached hydrogen (secondary N) is 2. The second-order valence-corrected chi connectivity index (χ2v) is 8.17. The van der Waals surface area contributed by atoms with Gasteiger partial charge in [-0.15, -0.1) is 0 Å². The molecule has 1 saturated carbocycles. The van der Waals surface area contributed by atoms with Crippen LogP contribution in [-0.4, -0.2) is 36.5 Å². The van der Waals surface area contributed by atoms with Crippen molar-refractivity contribution < 1.29 is 16.9 Å². The fourth-order valence-corrected chi connectivity index (χ4v) is 4.53. The zero-order valence-corrected chi connectivity index (χ0v) is 18.0. The van der Waals surface area contributed by atoms with Gasteiger partial charge >= 0.3 is 6.03 Å². The van der Waals surface area contributed by atoms with E-state index in [0.29, 0.717) is 35.8 Å². The number of rotatable bonds is 7. The molecule has 1 saturated heterocycles. The molecule has 3 amide bonds. The molecule has 2 N–H and O–H groups in total. The zero-order chi connectivity index (χ0) is 21.8. The Balaban J connectivity index is 0.00000193. The summed E-state index contributed by atoms with van der Waals surface area (Å²) >= 11 is 0. The van der Waals surface area contributed by atoms with Gasteiger partial charge in [0, 0.05) is 33.7 Å². The van der Waals surface area contributed by atoms with Gasteiger partial charge in [-0.1, -0.05) is 36.4 Å². The van der Waals surface area contributed by atoms with E-state index in [-0.39, 0.29) is 14.8 Å². The molecule has 1 aliphatic heterocycles. The number of hydrogen-bond donors (Lipinski definition) is 2. The van der Waals surface area contributed by atoms with E-state index >= 15 is 0 Å². The predicted octanol–water partition coefficient (Wildman–Crippen LogP) is 5.37. The zero-order valence-electron chi connectivity index (χ0n) is 18.0. The number of likely N-dealkylation sites (tertiary alicyclic amines) is 1. The molecule has 2 aliphatic rings. The van der Waals surface area contributed by atoms with Gasteiger partial charge in [0.2, 0.25) is 0 Å². The van der Waals surface area contributed by atoms with Crippen LogP contribution in [0.15, 0.2) is 53.0 Å². The van der Waals surface area contributed by atoms with Crippen LogP contribution < -0.4 is 10.6 Å². The SMILES string of the molecule is C/C=C\c1cc(C(=O)NCCC2[C@H]3CN(C(=O)Nc4ccccc4)C[C@@H]23)oc1/C=C/C.[HH].[HH].